The number of carbonyl (C=O) groups excluding carboxylic acids is 1. The van der Waals surface area contributed by atoms with Crippen LogP contribution in [0.2, 0.25) is 0 Å². The van der Waals surface area contributed by atoms with Crippen molar-refractivity contribution >= 4 is 23.2 Å². The molecule has 0 aliphatic rings. The van der Waals surface area contributed by atoms with Crippen LogP contribution in [0.25, 0.3) is 5.69 Å². The molecule has 0 aliphatic heterocycles. The number of amides is 1. The number of rotatable bonds is 4. The number of halogens is 1. The minimum Gasteiger partial charge on any atom is -0.504 e. The maximum absolute atomic E-state index is 12.9. The van der Waals surface area contributed by atoms with Crippen molar-refractivity contribution in [2.24, 2.45) is 0 Å². The highest BCUT2D eigenvalue weighted by atomic mass is 32.1. The van der Waals surface area contributed by atoms with Gasteiger partial charge in [0.1, 0.15) is 5.82 Å². The van der Waals surface area contributed by atoms with Gasteiger partial charge < -0.3 is 10.4 Å². The Morgan fingerprint density at radius 1 is 1.11 bits per heavy atom. The molecule has 9 heteroatoms. The van der Waals surface area contributed by atoms with Crippen LogP contribution in [0.1, 0.15) is 16.1 Å². The van der Waals surface area contributed by atoms with Crippen LogP contribution in [0.15, 0.2) is 60.8 Å². The second kappa shape index (κ2) is 8.28. The molecule has 7 nitrogen and oxygen atoms in total. The number of para-hydroxylation sites is 1. The van der Waals surface area contributed by atoms with Gasteiger partial charge in [-0.05, 0) is 42.0 Å². The molecule has 0 unspecified atom stereocenters. The van der Waals surface area contributed by atoms with Gasteiger partial charge in [0.15, 0.2) is 16.6 Å². The Morgan fingerprint density at radius 2 is 1.81 bits per heavy atom. The molecule has 1 aromatic heterocycles. The van der Waals surface area contributed by atoms with Crippen molar-refractivity contribution < 1.29 is 14.3 Å². The van der Waals surface area contributed by atoms with Gasteiger partial charge in [-0.3, -0.25) is 15.6 Å². The predicted molar refractivity (Wildman–Crippen MR) is 102 cm³/mol. The highest BCUT2D eigenvalue weighted by Crippen LogP contribution is 2.17. The molecule has 0 radical (unpaired) electrons. The molecule has 1 heterocycles. The number of benzene rings is 2. The first-order chi connectivity index (χ1) is 13.0. The number of thiocarbonyl (C=S) groups is 1. The third-order valence-corrected chi connectivity index (χ3v) is 3.83. The summed E-state index contributed by atoms with van der Waals surface area (Å²) in [7, 11) is 0. The molecule has 3 rings (SSSR count). The van der Waals surface area contributed by atoms with Crippen LogP contribution >= 0.6 is 12.2 Å². The maximum Gasteiger partial charge on any atom is 0.294 e. The monoisotopic (exact) mass is 385 g/mol. The van der Waals surface area contributed by atoms with E-state index in [-0.39, 0.29) is 22.4 Å². The molecule has 0 atom stereocenters. The molecule has 3 aromatic rings. The lowest BCUT2D eigenvalue weighted by molar-refractivity contribution is 0.0935. The molecule has 1 amide bonds. The van der Waals surface area contributed by atoms with Crippen molar-refractivity contribution in [2.75, 3.05) is 0 Å². The first-order valence-electron chi connectivity index (χ1n) is 7.95. The number of hydrogen-bond donors (Lipinski definition) is 4. The van der Waals surface area contributed by atoms with Gasteiger partial charge in [-0.2, -0.15) is 5.10 Å². The second-order valence-corrected chi connectivity index (χ2v) is 5.94. The Labute approximate surface area is 159 Å². The van der Waals surface area contributed by atoms with Crippen LogP contribution in [-0.2, 0) is 6.54 Å². The number of nitrogens with zero attached hydrogens (tertiary/aromatic N) is 2. The molecular weight excluding hydrogens is 369 g/mol. The zero-order valence-electron chi connectivity index (χ0n) is 14.0. The van der Waals surface area contributed by atoms with Crippen molar-refractivity contribution in [3.8, 4) is 11.4 Å². The molecule has 0 saturated heterocycles. The van der Waals surface area contributed by atoms with E-state index >= 15 is 0 Å². The summed E-state index contributed by atoms with van der Waals surface area (Å²) in [5, 5.41) is 17.1. The lowest BCUT2D eigenvalue weighted by atomic mass is 10.2. The smallest absolute Gasteiger partial charge is 0.294 e. The number of hydrazine groups is 1. The van der Waals surface area contributed by atoms with Gasteiger partial charge in [-0.25, -0.2) is 9.07 Å². The molecule has 0 bridgehead atoms. The molecular formula is C18H16FN5O2S. The maximum atomic E-state index is 12.9. The third-order valence-electron chi connectivity index (χ3n) is 3.59. The number of aromatic hydroxyl groups is 1. The van der Waals surface area contributed by atoms with Gasteiger partial charge in [-0.1, -0.05) is 30.3 Å². The minimum atomic E-state index is -0.645. The van der Waals surface area contributed by atoms with E-state index in [1.165, 1.54) is 23.0 Å². The molecule has 27 heavy (non-hydrogen) atoms. The lowest BCUT2D eigenvalue weighted by Crippen LogP contribution is -2.46. The Kier molecular flexibility index (Phi) is 5.62. The van der Waals surface area contributed by atoms with E-state index in [1.54, 1.807) is 24.3 Å². The van der Waals surface area contributed by atoms with Crippen molar-refractivity contribution in [3.63, 3.8) is 0 Å². The van der Waals surface area contributed by atoms with Crippen molar-refractivity contribution in [3.05, 3.63) is 77.9 Å². The summed E-state index contributed by atoms with van der Waals surface area (Å²) in [5.74, 6) is -1.22. The fourth-order valence-corrected chi connectivity index (χ4v) is 2.36. The Morgan fingerprint density at radius 3 is 2.52 bits per heavy atom. The van der Waals surface area contributed by atoms with Gasteiger partial charge in [0.25, 0.3) is 5.91 Å². The van der Waals surface area contributed by atoms with E-state index in [0.29, 0.717) is 12.2 Å². The van der Waals surface area contributed by atoms with Crippen LogP contribution in [0.4, 0.5) is 4.39 Å². The van der Waals surface area contributed by atoms with Crippen molar-refractivity contribution in [2.45, 2.75) is 6.54 Å². The lowest BCUT2D eigenvalue weighted by Gasteiger charge is -2.11. The highest BCUT2D eigenvalue weighted by Gasteiger charge is 2.17. The summed E-state index contributed by atoms with van der Waals surface area (Å²) in [6.07, 6.45) is 1.34. The van der Waals surface area contributed by atoms with Crippen LogP contribution in [-0.4, -0.2) is 25.9 Å². The second-order valence-electron chi connectivity index (χ2n) is 5.53. The molecule has 138 valence electrons. The number of hydrogen-bond acceptors (Lipinski definition) is 4. The summed E-state index contributed by atoms with van der Waals surface area (Å²) in [4.78, 5) is 12.2. The van der Waals surface area contributed by atoms with Gasteiger partial charge in [-0.15, -0.1) is 0 Å². The summed E-state index contributed by atoms with van der Waals surface area (Å²) in [5.41, 5.74) is 6.27. The Hall–Kier alpha value is -3.46. The van der Waals surface area contributed by atoms with Gasteiger partial charge in [0.05, 0.1) is 11.9 Å². The zero-order valence-corrected chi connectivity index (χ0v) is 14.8. The SMILES string of the molecule is O=C(NNC(=S)NCc1ccc(F)cc1)c1nn(-c2ccccc2)cc1O. The largest absolute Gasteiger partial charge is 0.504 e. The normalized spacial score (nSPS) is 10.3. The molecule has 0 saturated carbocycles. The molecule has 0 fully saturated rings. The number of carbonyl (C=O) groups is 1. The van der Waals surface area contributed by atoms with Gasteiger partial charge in [0, 0.05) is 6.54 Å². The molecule has 2 aromatic carbocycles. The summed E-state index contributed by atoms with van der Waals surface area (Å²) in [6.45, 7) is 0.357. The fraction of sp³-hybridized carbons (Fsp3) is 0.0556. The average molecular weight is 385 g/mol. The number of nitrogens with one attached hydrogen (secondary N) is 3. The summed E-state index contributed by atoms with van der Waals surface area (Å²) < 4.78 is 14.3. The van der Waals surface area contributed by atoms with Crippen LogP contribution in [0.3, 0.4) is 0 Å². The summed E-state index contributed by atoms with van der Waals surface area (Å²) >= 11 is 5.06. The molecule has 4 N–H and O–H groups in total. The van der Waals surface area contributed by atoms with E-state index in [0.717, 1.165) is 5.56 Å². The predicted octanol–water partition coefficient (Wildman–Crippen LogP) is 2.03. The van der Waals surface area contributed by atoms with Crippen LogP contribution in [0, 0.1) is 5.82 Å². The van der Waals surface area contributed by atoms with Crippen LogP contribution < -0.4 is 16.2 Å². The topological polar surface area (TPSA) is 91.2 Å². The summed E-state index contributed by atoms with van der Waals surface area (Å²) in [6, 6.07) is 15.0. The Balaban J connectivity index is 1.54. The van der Waals surface area contributed by atoms with E-state index in [1.807, 2.05) is 18.2 Å². The van der Waals surface area contributed by atoms with Gasteiger partial charge >= 0.3 is 0 Å². The zero-order chi connectivity index (χ0) is 19.2. The third kappa shape index (κ3) is 4.79. The molecule has 0 spiro atoms. The molecule has 0 aliphatic carbocycles. The number of aromatic nitrogens is 2. The average Bonchev–Trinajstić information content (AvgIpc) is 3.08. The van der Waals surface area contributed by atoms with Crippen molar-refractivity contribution in [1.29, 1.82) is 0 Å². The van der Waals surface area contributed by atoms with Gasteiger partial charge in [0.2, 0.25) is 0 Å². The highest BCUT2D eigenvalue weighted by molar-refractivity contribution is 7.80. The first kappa shape index (κ1) is 18.3. The van der Waals surface area contributed by atoms with E-state index < -0.39 is 5.91 Å². The standard InChI is InChI=1S/C18H16FN5O2S/c19-13-8-6-12(7-9-13)10-20-18(27)22-21-17(26)16-15(25)11-24(23-16)14-4-2-1-3-5-14/h1-9,11,25H,10H2,(H,21,26)(H2,20,22,27). The van der Waals surface area contributed by atoms with Crippen LogP contribution in [0.5, 0.6) is 5.75 Å². The minimum absolute atomic E-state index is 0.146. The first-order valence-corrected chi connectivity index (χ1v) is 8.36. The quantitative estimate of drug-likeness (QED) is 0.406. The Bertz CT molecular complexity index is 944. The fourth-order valence-electron chi connectivity index (χ4n) is 2.24. The van der Waals surface area contributed by atoms with E-state index in [2.05, 4.69) is 21.3 Å². The van der Waals surface area contributed by atoms with Crippen molar-refractivity contribution in [1.82, 2.24) is 25.9 Å². The van der Waals surface area contributed by atoms with E-state index in [9.17, 15) is 14.3 Å². The van der Waals surface area contributed by atoms with E-state index in [4.69, 9.17) is 12.2 Å².